The fraction of sp³-hybridized carbons (Fsp3) is 0.250. The highest BCUT2D eigenvalue weighted by Crippen LogP contribution is 2.25. The third-order valence-electron chi connectivity index (χ3n) is 2.60. The zero-order valence-electron chi connectivity index (χ0n) is 10.3. The van der Waals surface area contributed by atoms with E-state index in [-0.39, 0.29) is 5.56 Å². The molecule has 6 nitrogen and oxygen atoms in total. The number of hydrogen-bond donors (Lipinski definition) is 1. The molecule has 0 atom stereocenters. The van der Waals surface area contributed by atoms with Crippen molar-refractivity contribution in [1.82, 2.24) is 14.8 Å². The van der Waals surface area contributed by atoms with Crippen LogP contribution < -0.4 is 5.73 Å². The summed E-state index contributed by atoms with van der Waals surface area (Å²) in [7, 11) is 1.31. The lowest BCUT2D eigenvalue weighted by atomic mass is 10.1. The van der Waals surface area contributed by atoms with Crippen molar-refractivity contribution in [1.29, 1.82) is 0 Å². The van der Waals surface area contributed by atoms with Crippen molar-refractivity contribution in [2.75, 3.05) is 12.8 Å². The normalized spacial score (nSPS) is 10.3. The third kappa shape index (κ3) is 2.04. The van der Waals surface area contributed by atoms with Gasteiger partial charge in [-0.3, -0.25) is 9.67 Å². The van der Waals surface area contributed by atoms with Crippen LogP contribution in [0.2, 0.25) is 0 Å². The highest BCUT2D eigenvalue weighted by Gasteiger charge is 2.18. The Bertz CT molecular complexity index is 577. The minimum atomic E-state index is -0.500. The molecule has 2 aromatic heterocycles. The number of aromatic nitrogens is 3. The van der Waals surface area contributed by atoms with Crippen LogP contribution in [0.15, 0.2) is 24.7 Å². The monoisotopic (exact) mass is 246 g/mol. The van der Waals surface area contributed by atoms with E-state index in [0.717, 1.165) is 12.1 Å². The lowest BCUT2D eigenvalue weighted by molar-refractivity contribution is 0.0602. The van der Waals surface area contributed by atoms with Gasteiger partial charge in [0, 0.05) is 30.2 Å². The van der Waals surface area contributed by atoms with E-state index in [1.807, 2.05) is 13.1 Å². The van der Waals surface area contributed by atoms with E-state index in [9.17, 15) is 4.79 Å². The first-order valence-corrected chi connectivity index (χ1v) is 5.53. The smallest absolute Gasteiger partial charge is 0.342 e. The van der Waals surface area contributed by atoms with Crippen molar-refractivity contribution >= 4 is 11.7 Å². The standard InChI is InChI=1S/C12H14N4O2/c1-3-16-7-8(6-15-16)11-10(12(17)18-2)9(13)4-5-14-11/h4-7H,3H2,1-2H3,(H2,13,14). The van der Waals surface area contributed by atoms with Crippen LogP contribution >= 0.6 is 0 Å². The SMILES string of the molecule is CCn1cc(-c2nccc(N)c2C(=O)OC)cn1. The number of hydrogen-bond acceptors (Lipinski definition) is 5. The summed E-state index contributed by atoms with van der Waals surface area (Å²) in [6.45, 7) is 2.72. The summed E-state index contributed by atoms with van der Waals surface area (Å²) in [4.78, 5) is 15.9. The minimum Gasteiger partial charge on any atom is -0.465 e. The predicted octanol–water partition coefficient (Wildman–Crippen LogP) is 1.33. The molecule has 0 bridgehead atoms. The second-order valence-corrected chi connectivity index (χ2v) is 3.70. The quantitative estimate of drug-likeness (QED) is 0.826. The van der Waals surface area contributed by atoms with Crippen molar-refractivity contribution in [2.45, 2.75) is 13.5 Å². The third-order valence-corrected chi connectivity index (χ3v) is 2.60. The molecule has 6 heteroatoms. The van der Waals surface area contributed by atoms with Crippen molar-refractivity contribution in [3.8, 4) is 11.3 Å². The first-order valence-electron chi connectivity index (χ1n) is 5.53. The van der Waals surface area contributed by atoms with Crippen LogP contribution in [0.1, 0.15) is 17.3 Å². The predicted molar refractivity (Wildman–Crippen MR) is 66.9 cm³/mol. The van der Waals surface area contributed by atoms with E-state index >= 15 is 0 Å². The van der Waals surface area contributed by atoms with Crippen molar-refractivity contribution in [2.24, 2.45) is 0 Å². The molecule has 0 aliphatic rings. The fourth-order valence-electron chi connectivity index (χ4n) is 1.67. The number of anilines is 1. The second-order valence-electron chi connectivity index (χ2n) is 3.70. The average molecular weight is 246 g/mol. The summed E-state index contributed by atoms with van der Waals surface area (Å²) in [6.07, 6.45) is 5.02. The number of carbonyl (C=O) groups is 1. The lowest BCUT2D eigenvalue weighted by Crippen LogP contribution is -2.08. The lowest BCUT2D eigenvalue weighted by Gasteiger charge is -2.07. The molecule has 2 aromatic rings. The zero-order valence-corrected chi connectivity index (χ0v) is 10.3. The number of methoxy groups -OCH3 is 1. The molecule has 0 amide bonds. The van der Waals surface area contributed by atoms with Gasteiger partial charge in [0.2, 0.25) is 0 Å². The minimum absolute atomic E-state index is 0.274. The number of nitrogens with two attached hydrogens (primary N) is 1. The molecule has 18 heavy (non-hydrogen) atoms. The maximum absolute atomic E-state index is 11.7. The Balaban J connectivity index is 2.56. The summed E-state index contributed by atoms with van der Waals surface area (Å²) in [5, 5.41) is 4.15. The van der Waals surface area contributed by atoms with Crippen LogP contribution in [0.5, 0.6) is 0 Å². The van der Waals surface area contributed by atoms with Gasteiger partial charge < -0.3 is 10.5 Å². The van der Waals surface area contributed by atoms with Gasteiger partial charge in [0.25, 0.3) is 0 Å². The van der Waals surface area contributed by atoms with Gasteiger partial charge in [0.1, 0.15) is 5.56 Å². The van der Waals surface area contributed by atoms with Gasteiger partial charge in [-0.25, -0.2) is 4.79 Å². The van der Waals surface area contributed by atoms with E-state index in [1.54, 1.807) is 23.1 Å². The summed E-state index contributed by atoms with van der Waals surface area (Å²) >= 11 is 0. The Labute approximate surface area is 104 Å². The molecule has 0 aliphatic carbocycles. The average Bonchev–Trinajstić information content (AvgIpc) is 2.86. The summed E-state index contributed by atoms with van der Waals surface area (Å²) in [6, 6.07) is 1.57. The largest absolute Gasteiger partial charge is 0.465 e. The number of esters is 1. The van der Waals surface area contributed by atoms with Crippen LogP contribution in [0, 0.1) is 0 Å². The van der Waals surface area contributed by atoms with Crippen LogP contribution in [0.25, 0.3) is 11.3 Å². The number of nitrogen functional groups attached to an aromatic ring is 1. The van der Waals surface area contributed by atoms with Crippen LogP contribution in [0.4, 0.5) is 5.69 Å². The number of ether oxygens (including phenoxy) is 1. The molecule has 0 unspecified atom stereocenters. The van der Waals surface area contributed by atoms with Crippen LogP contribution in [0.3, 0.4) is 0 Å². The number of nitrogens with zero attached hydrogens (tertiary/aromatic N) is 3. The summed E-state index contributed by atoms with van der Waals surface area (Å²) in [5.74, 6) is -0.500. The number of carbonyl (C=O) groups excluding carboxylic acids is 1. The topological polar surface area (TPSA) is 83.0 Å². The first kappa shape index (κ1) is 12.1. The van der Waals surface area contributed by atoms with E-state index in [4.69, 9.17) is 10.5 Å². The molecular weight excluding hydrogens is 232 g/mol. The van der Waals surface area contributed by atoms with Gasteiger partial charge in [-0.05, 0) is 13.0 Å². The molecule has 0 radical (unpaired) electrons. The molecule has 0 aliphatic heterocycles. The van der Waals surface area contributed by atoms with Gasteiger partial charge in [-0.1, -0.05) is 0 Å². The highest BCUT2D eigenvalue weighted by molar-refractivity contribution is 6.01. The van der Waals surface area contributed by atoms with E-state index in [1.165, 1.54) is 7.11 Å². The molecule has 0 saturated carbocycles. The molecule has 0 spiro atoms. The van der Waals surface area contributed by atoms with Gasteiger partial charge in [0.05, 0.1) is 19.0 Å². The van der Waals surface area contributed by atoms with Gasteiger partial charge >= 0.3 is 5.97 Å². The van der Waals surface area contributed by atoms with E-state index < -0.39 is 5.97 Å². The van der Waals surface area contributed by atoms with Gasteiger partial charge in [-0.15, -0.1) is 0 Å². The van der Waals surface area contributed by atoms with Crippen LogP contribution in [-0.2, 0) is 11.3 Å². The summed E-state index contributed by atoms with van der Waals surface area (Å²) in [5.41, 5.74) is 7.65. The van der Waals surface area contributed by atoms with E-state index in [2.05, 4.69) is 10.1 Å². The van der Waals surface area contributed by atoms with Crippen molar-refractivity contribution in [3.63, 3.8) is 0 Å². The Morgan fingerprint density at radius 2 is 2.33 bits per heavy atom. The first-order chi connectivity index (χ1) is 8.67. The van der Waals surface area contributed by atoms with E-state index in [0.29, 0.717) is 11.4 Å². The molecule has 2 rings (SSSR count). The summed E-state index contributed by atoms with van der Waals surface area (Å²) < 4.78 is 6.48. The number of rotatable bonds is 3. The Hall–Kier alpha value is -2.37. The van der Waals surface area contributed by atoms with Crippen LogP contribution in [-0.4, -0.2) is 27.8 Å². The molecule has 2 heterocycles. The maximum Gasteiger partial charge on any atom is 0.342 e. The van der Waals surface area contributed by atoms with Gasteiger partial charge in [-0.2, -0.15) is 5.10 Å². The van der Waals surface area contributed by atoms with Crippen molar-refractivity contribution < 1.29 is 9.53 Å². The molecule has 0 fully saturated rings. The maximum atomic E-state index is 11.7. The van der Waals surface area contributed by atoms with Gasteiger partial charge in [0.15, 0.2) is 0 Å². The number of pyridine rings is 1. The fourth-order valence-corrected chi connectivity index (χ4v) is 1.67. The van der Waals surface area contributed by atoms with Crippen molar-refractivity contribution in [3.05, 3.63) is 30.2 Å². The Morgan fingerprint density at radius 3 is 2.94 bits per heavy atom. The molecule has 2 N–H and O–H groups in total. The Morgan fingerprint density at radius 1 is 1.56 bits per heavy atom. The molecular formula is C12H14N4O2. The molecule has 94 valence electrons. The Kier molecular flexibility index (Phi) is 3.27. The number of aryl methyl sites for hydroxylation is 1. The second kappa shape index (κ2) is 4.87. The molecule has 0 saturated heterocycles. The zero-order chi connectivity index (χ0) is 13.1. The highest BCUT2D eigenvalue weighted by atomic mass is 16.5. The molecule has 0 aromatic carbocycles.